The van der Waals surface area contributed by atoms with Crippen LogP contribution in [0.3, 0.4) is 0 Å². The number of nitro groups is 1. The summed E-state index contributed by atoms with van der Waals surface area (Å²) in [5.41, 5.74) is 3.68. The molecule has 0 aliphatic heterocycles. The number of hydrogen-bond acceptors (Lipinski definition) is 5. The molecule has 2 aromatic carbocycles. The highest BCUT2D eigenvalue weighted by Gasteiger charge is 2.17. The topological polar surface area (TPSA) is 90.7 Å². The summed E-state index contributed by atoms with van der Waals surface area (Å²) in [6.07, 6.45) is 3.41. The van der Waals surface area contributed by atoms with Crippen LogP contribution >= 0.6 is 0 Å². The molecule has 1 unspecified atom stereocenters. The molecule has 7 heteroatoms. The van der Waals surface area contributed by atoms with Crippen molar-refractivity contribution in [2.75, 3.05) is 13.7 Å². The van der Waals surface area contributed by atoms with Crippen LogP contribution in [-0.2, 0) is 17.6 Å². The maximum absolute atomic E-state index is 12.2. The predicted molar refractivity (Wildman–Crippen MR) is 100 cm³/mol. The number of amides is 1. The quantitative estimate of drug-likeness (QED) is 0.596. The number of hydrogen-bond donors (Lipinski definition) is 1. The van der Waals surface area contributed by atoms with Crippen molar-refractivity contribution >= 4 is 11.6 Å². The Labute approximate surface area is 157 Å². The number of methoxy groups -OCH3 is 1. The van der Waals surface area contributed by atoms with Gasteiger partial charge in [-0.05, 0) is 48.9 Å². The SMILES string of the molecule is COc1cc(OCC(=O)NC(C)c2ccc3c(c2)CCC3)ccc1[N+](=O)[O-]. The fourth-order valence-corrected chi connectivity index (χ4v) is 3.28. The number of aryl methyl sites for hydroxylation is 2. The fraction of sp³-hybridized carbons (Fsp3) is 0.350. The molecule has 0 radical (unpaired) electrons. The van der Waals surface area contributed by atoms with Crippen molar-refractivity contribution in [2.45, 2.75) is 32.2 Å². The minimum absolute atomic E-state index is 0.0874. The minimum atomic E-state index is -0.534. The molecular formula is C20H22N2O5. The Bertz CT molecular complexity index is 865. The van der Waals surface area contributed by atoms with Gasteiger partial charge in [-0.15, -0.1) is 0 Å². The maximum Gasteiger partial charge on any atom is 0.311 e. The Morgan fingerprint density at radius 1 is 1.22 bits per heavy atom. The van der Waals surface area contributed by atoms with E-state index in [0.717, 1.165) is 18.4 Å². The average molecular weight is 370 g/mol. The minimum Gasteiger partial charge on any atom is -0.490 e. The number of rotatable bonds is 7. The van der Waals surface area contributed by atoms with Gasteiger partial charge in [0.1, 0.15) is 5.75 Å². The smallest absolute Gasteiger partial charge is 0.311 e. The molecule has 0 spiro atoms. The van der Waals surface area contributed by atoms with Gasteiger partial charge in [0.05, 0.1) is 18.1 Å². The third kappa shape index (κ3) is 4.36. The van der Waals surface area contributed by atoms with Gasteiger partial charge < -0.3 is 14.8 Å². The molecule has 0 bridgehead atoms. The van der Waals surface area contributed by atoms with Crippen LogP contribution in [0.1, 0.15) is 36.1 Å². The van der Waals surface area contributed by atoms with Crippen LogP contribution in [0, 0.1) is 10.1 Å². The second kappa shape index (κ2) is 8.07. The van der Waals surface area contributed by atoms with E-state index in [9.17, 15) is 14.9 Å². The molecule has 2 aromatic rings. The maximum atomic E-state index is 12.2. The van der Waals surface area contributed by atoms with E-state index in [1.807, 2.05) is 6.92 Å². The molecule has 1 aliphatic rings. The van der Waals surface area contributed by atoms with Crippen molar-refractivity contribution in [1.29, 1.82) is 0 Å². The Kier molecular flexibility index (Phi) is 5.59. The summed E-state index contributed by atoms with van der Waals surface area (Å²) in [5.74, 6) is 0.155. The van der Waals surface area contributed by atoms with E-state index >= 15 is 0 Å². The lowest BCUT2D eigenvalue weighted by Gasteiger charge is -2.16. The molecule has 0 saturated heterocycles. The Balaban J connectivity index is 1.57. The molecule has 1 amide bonds. The number of fused-ring (bicyclic) bond motifs is 1. The van der Waals surface area contributed by atoms with Gasteiger partial charge in [-0.25, -0.2) is 0 Å². The van der Waals surface area contributed by atoms with Gasteiger partial charge in [-0.1, -0.05) is 18.2 Å². The lowest BCUT2D eigenvalue weighted by atomic mass is 10.0. The van der Waals surface area contributed by atoms with Gasteiger partial charge >= 0.3 is 5.69 Å². The van der Waals surface area contributed by atoms with Crippen LogP contribution in [0.4, 0.5) is 5.69 Å². The fourth-order valence-electron chi connectivity index (χ4n) is 3.28. The van der Waals surface area contributed by atoms with Crippen LogP contribution in [0.2, 0.25) is 0 Å². The first-order chi connectivity index (χ1) is 13.0. The second-order valence-corrected chi connectivity index (χ2v) is 6.55. The molecule has 142 valence electrons. The molecule has 0 heterocycles. The Morgan fingerprint density at radius 3 is 2.74 bits per heavy atom. The van der Waals surface area contributed by atoms with Gasteiger partial charge in [0, 0.05) is 12.1 Å². The lowest BCUT2D eigenvalue weighted by molar-refractivity contribution is -0.385. The predicted octanol–water partition coefficient (Wildman–Crippen LogP) is 3.35. The van der Waals surface area contributed by atoms with E-state index in [1.54, 1.807) is 0 Å². The lowest BCUT2D eigenvalue weighted by Crippen LogP contribution is -2.31. The highest BCUT2D eigenvalue weighted by Crippen LogP contribution is 2.30. The largest absolute Gasteiger partial charge is 0.490 e. The van der Waals surface area contributed by atoms with E-state index in [4.69, 9.17) is 9.47 Å². The van der Waals surface area contributed by atoms with Gasteiger partial charge in [0.25, 0.3) is 5.91 Å². The number of carbonyl (C=O) groups excluding carboxylic acids is 1. The molecule has 1 aliphatic carbocycles. The molecule has 27 heavy (non-hydrogen) atoms. The van der Waals surface area contributed by atoms with E-state index < -0.39 is 4.92 Å². The zero-order chi connectivity index (χ0) is 19.4. The van der Waals surface area contributed by atoms with Crippen LogP contribution in [0.25, 0.3) is 0 Å². The number of benzene rings is 2. The van der Waals surface area contributed by atoms with Crippen LogP contribution < -0.4 is 14.8 Å². The Hall–Kier alpha value is -3.09. The zero-order valence-electron chi connectivity index (χ0n) is 15.4. The summed E-state index contributed by atoms with van der Waals surface area (Å²) in [5, 5.41) is 13.8. The summed E-state index contributed by atoms with van der Waals surface area (Å²) in [7, 11) is 1.34. The Morgan fingerprint density at radius 2 is 2.00 bits per heavy atom. The van der Waals surface area contributed by atoms with Crippen molar-refractivity contribution in [3.8, 4) is 11.5 Å². The normalized spacial score (nSPS) is 13.6. The van der Waals surface area contributed by atoms with Crippen molar-refractivity contribution in [3.05, 3.63) is 63.2 Å². The van der Waals surface area contributed by atoms with Crippen molar-refractivity contribution < 1.29 is 19.2 Å². The molecule has 1 N–H and O–H groups in total. The third-order valence-electron chi connectivity index (χ3n) is 4.72. The zero-order valence-corrected chi connectivity index (χ0v) is 15.4. The molecular weight excluding hydrogens is 348 g/mol. The van der Waals surface area contributed by atoms with Gasteiger partial charge in [0.2, 0.25) is 5.75 Å². The molecule has 3 rings (SSSR count). The summed E-state index contributed by atoms with van der Waals surface area (Å²) in [6.45, 7) is 1.75. The van der Waals surface area contributed by atoms with Gasteiger partial charge in [-0.3, -0.25) is 14.9 Å². The molecule has 0 saturated carbocycles. The van der Waals surface area contributed by atoms with E-state index in [0.29, 0.717) is 5.75 Å². The first-order valence-corrected chi connectivity index (χ1v) is 8.84. The first-order valence-electron chi connectivity index (χ1n) is 8.84. The van der Waals surface area contributed by atoms with Gasteiger partial charge in [-0.2, -0.15) is 0 Å². The van der Waals surface area contributed by atoms with Crippen molar-refractivity contribution in [3.63, 3.8) is 0 Å². The molecule has 0 fully saturated rings. The summed E-state index contributed by atoms with van der Waals surface area (Å²) in [4.78, 5) is 22.6. The highest BCUT2D eigenvalue weighted by molar-refractivity contribution is 5.78. The third-order valence-corrected chi connectivity index (χ3v) is 4.72. The second-order valence-electron chi connectivity index (χ2n) is 6.55. The molecule has 7 nitrogen and oxygen atoms in total. The number of nitrogens with zero attached hydrogens (tertiary/aromatic N) is 1. The number of carbonyl (C=O) groups is 1. The van der Waals surface area contributed by atoms with E-state index in [1.165, 1.54) is 42.9 Å². The summed E-state index contributed by atoms with van der Waals surface area (Å²) >= 11 is 0. The molecule has 1 atom stereocenters. The summed E-state index contributed by atoms with van der Waals surface area (Å²) in [6, 6.07) is 10.4. The van der Waals surface area contributed by atoms with Crippen molar-refractivity contribution in [1.82, 2.24) is 5.32 Å². The first kappa shape index (κ1) is 18.7. The van der Waals surface area contributed by atoms with Crippen LogP contribution in [-0.4, -0.2) is 24.5 Å². The van der Waals surface area contributed by atoms with E-state index in [-0.39, 0.29) is 30.0 Å². The number of ether oxygens (including phenoxy) is 2. The van der Waals surface area contributed by atoms with Crippen LogP contribution in [0.5, 0.6) is 11.5 Å². The number of nitrogens with one attached hydrogen (secondary N) is 1. The van der Waals surface area contributed by atoms with E-state index in [2.05, 4.69) is 23.5 Å². The molecule has 0 aromatic heterocycles. The standard InChI is InChI=1S/C20H22N2O5/c1-13(15-7-6-14-4-3-5-16(14)10-15)21-20(23)12-27-17-8-9-18(22(24)25)19(11-17)26-2/h6-11,13H,3-5,12H2,1-2H3,(H,21,23). The number of nitro benzene ring substituents is 1. The summed E-state index contributed by atoms with van der Waals surface area (Å²) < 4.78 is 10.4. The van der Waals surface area contributed by atoms with Crippen molar-refractivity contribution in [2.24, 2.45) is 0 Å². The monoisotopic (exact) mass is 370 g/mol. The van der Waals surface area contributed by atoms with Crippen LogP contribution in [0.15, 0.2) is 36.4 Å². The average Bonchev–Trinajstić information content (AvgIpc) is 3.13. The highest BCUT2D eigenvalue weighted by atomic mass is 16.6. The van der Waals surface area contributed by atoms with Gasteiger partial charge in [0.15, 0.2) is 6.61 Å².